The molecule has 0 aliphatic carbocycles. The number of ketones is 1. The molecule has 1 saturated heterocycles. The lowest BCUT2D eigenvalue weighted by Crippen LogP contribution is -2.68. The van der Waals surface area contributed by atoms with Crippen LogP contribution in [0.1, 0.15) is 10.6 Å². The molecule has 0 aromatic carbocycles. The average molecular weight is 340 g/mol. The van der Waals surface area contributed by atoms with Gasteiger partial charge in [-0.15, -0.1) is 11.8 Å². The molecule has 22 heavy (non-hydrogen) atoms. The Morgan fingerprint density at radius 1 is 1.55 bits per heavy atom. The van der Waals surface area contributed by atoms with Crippen molar-refractivity contribution in [3.8, 4) is 0 Å². The van der Waals surface area contributed by atoms with Crippen molar-refractivity contribution in [3.05, 3.63) is 35.4 Å². The maximum atomic E-state index is 12.3. The van der Waals surface area contributed by atoms with Crippen molar-refractivity contribution in [2.75, 3.05) is 5.75 Å². The number of thiol groups is 1. The maximum absolute atomic E-state index is 12.3. The highest BCUT2D eigenvalue weighted by Crippen LogP contribution is 2.41. The second-order valence-electron chi connectivity index (χ2n) is 4.86. The van der Waals surface area contributed by atoms with Crippen molar-refractivity contribution in [2.45, 2.75) is 16.7 Å². The Kier molecular flexibility index (Phi) is 3.79. The van der Waals surface area contributed by atoms with Crippen LogP contribution in [0.15, 0.2) is 34.1 Å². The van der Waals surface area contributed by atoms with Crippen LogP contribution in [0, 0.1) is 0 Å². The zero-order valence-electron chi connectivity index (χ0n) is 11.1. The zero-order chi connectivity index (χ0) is 16.0. The van der Waals surface area contributed by atoms with E-state index >= 15 is 0 Å². The summed E-state index contributed by atoms with van der Waals surface area (Å²) >= 11 is 5.57. The molecule has 1 amide bonds. The van der Waals surface area contributed by atoms with Gasteiger partial charge >= 0.3 is 5.97 Å². The first-order valence-electron chi connectivity index (χ1n) is 6.36. The van der Waals surface area contributed by atoms with E-state index in [0.29, 0.717) is 0 Å². The molecule has 2 aliphatic rings. The molecule has 2 unspecified atom stereocenters. The van der Waals surface area contributed by atoms with Crippen LogP contribution in [-0.2, 0) is 9.59 Å². The smallest absolute Gasteiger partial charge is 0.352 e. The van der Waals surface area contributed by atoms with E-state index in [1.807, 2.05) is 0 Å². The van der Waals surface area contributed by atoms with E-state index in [0.717, 1.165) is 4.90 Å². The van der Waals surface area contributed by atoms with Crippen molar-refractivity contribution in [1.29, 1.82) is 0 Å². The van der Waals surface area contributed by atoms with Gasteiger partial charge in [0.15, 0.2) is 5.76 Å². The molecule has 3 atom stereocenters. The molecule has 1 aromatic rings. The number of β-lactam (4-membered cyclic amide) rings is 1. The number of nitrogens with zero attached hydrogens (tertiary/aromatic N) is 1. The van der Waals surface area contributed by atoms with Gasteiger partial charge in [-0.25, -0.2) is 4.79 Å². The summed E-state index contributed by atoms with van der Waals surface area (Å²) in [6.45, 7) is 0. The number of nitrogens with two attached hydrogens (primary N) is 1. The quantitative estimate of drug-likeness (QED) is 0.411. The predicted octanol–water partition coefficient (Wildman–Crippen LogP) is 0.342. The number of amides is 1. The Morgan fingerprint density at radius 2 is 2.27 bits per heavy atom. The minimum Gasteiger partial charge on any atom is -0.477 e. The minimum atomic E-state index is -1.27. The summed E-state index contributed by atoms with van der Waals surface area (Å²) in [4.78, 5) is 36.8. The van der Waals surface area contributed by atoms with Crippen LogP contribution in [0.2, 0.25) is 0 Å². The van der Waals surface area contributed by atoms with Gasteiger partial charge in [0.25, 0.3) is 0 Å². The Balaban J connectivity index is 1.98. The summed E-state index contributed by atoms with van der Waals surface area (Å²) in [7, 11) is 0. The van der Waals surface area contributed by atoms with E-state index in [1.165, 1.54) is 24.1 Å². The van der Waals surface area contributed by atoms with Gasteiger partial charge in [0, 0.05) is 5.75 Å². The number of carboxylic acids is 1. The normalized spacial score (nSPS) is 25.5. The predicted molar refractivity (Wildman–Crippen MR) is 81.5 cm³/mol. The van der Waals surface area contributed by atoms with E-state index in [4.69, 9.17) is 10.2 Å². The van der Waals surface area contributed by atoms with Crippen LogP contribution in [0.5, 0.6) is 0 Å². The number of hydrogen-bond acceptors (Lipinski definition) is 7. The third-order valence-corrected chi connectivity index (χ3v) is 5.45. The van der Waals surface area contributed by atoms with E-state index in [2.05, 4.69) is 12.6 Å². The molecule has 3 heterocycles. The number of Topliss-reactive ketones (excluding diaryl/α,β-unsaturated/α-hetero) is 1. The molecule has 0 saturated carbocycles. The van der Waals surface area contributed by atoms with Crippen LogP contribution in [0.25, 0.3) is 0 Å². The molecule has 116 valence electrons. The highest BCUT2D eigenvalue weighted by atomic mass is 32.2. The summed E-state index contributed by atoms with van der Waals surface area (Å²) in [5.41, 5.74) is 5.75. The van der Waals surface area contributed by atoms with Crippen LogP contribution in [0.3, 0.4) is 0 Å². The topological polar surface area (TPSA) is 114 Å². The largest absolute Gasteiger partial charge is 0.477 e. The molecule has 0 spiro atoms. The molecule has 0 bridgehead atoms. The molecular weight excluding hydrogens is 328 g/mol. The molecular formula is C13H12N2O5S2. The summed E-state index contributed by atoms with van der Waals surface area (Å²) in [6.07, 6.45) is 1.35. The van der Waals surface area contributed by atoms with Gasteiger partial charge in [-0.2, -0.15) is 12.6 Å². The Hall–Kier alpha value is -1.71. The second-order valence-corrected chi connectivity index (χ2v) is 6.48. The molecule has 7 nitrogen and oxygen atoms in total. The Bertz CT molecular complexity index is 685. The van der Waals surface area contributed by atoms with Crippen LogP contribution >= 0.6 is 24.4 Å². The number of rotatable bonds is 4. The van der Waals surface area contributed by atoms with Gasteiger partial charge in [-0.3, -0.25) is 14.5 Å². The van der Waals surface area contributed by atoms with Crippen molar-refractivity contribution in [2.24, 2.45) is 5.73 Å². The third kappa shape index (κ3) is 2.16. The average Bonchev–Trinajstić information content (AvgIpc) is 3.05. The highest BCUT2D eigenvalue weighted by Gasteiger charge is 2.52. The number of carbonyl (C=O) groups excluding carboxylic acids is 2. The highest BCUT2D eigenvalue weighted by molar-refractivity contribution is 8.00. The summed E-state index contributed by atoms with van der Waals surface area (Å²) in [6, 6.07) is 2.33. The van der Waals surface area contributed by atoms with Crippen molar-refractivity contribution in [1.82, 2.24) is 4.90 Å². The second kappa shape index (κ2) is 5.49. The number of fused-ring (bicyclic) bond motifs is 1. The van der Waals surface area contributed by atoms with Gasteiger partial charge in [-0.1, -0.05) is 0 Å². The number of aliphatic carboxylic acids is 1. The van der Waals surface area contributed by atoms with Gasteiger partial charge in [0.1, 0.15) is 17.1 Å². The Morgan fingerprint density at radius 3 is 2.86 bits per heavy atom. The van der Waals surface area contributed by atoms with Gasteiger partial charge in [0.2, 0.25) is 11.7 Å². The van der Waals surface area contributed by atoms with E-state index in [9.17, 15) is 19.5 Å². The monoisotopic (exact) mass is 340 g/mol. The fourth-order valence-electron chi connectivity index (χ4n) is 2.46. The molecule has 3 rings (SSSR count). The fraction of sp³-hybridized carbons (Fsp3) is 0.308. The van der Waals surface area contributed by atoms with Crippen LogP contribution in [-0.4, -0.2) is 50.1 Å². The lowest BCUT2D eigenvalue weighted by molar-refractivity contribution is -0.147. The van der Waals surface area contributed by atoms with E-state index in [1.54, 1.807) is 6.07 Å². The summed E-state index contributed by atoms with van der Waals surface area (Å²) in [5.74, 6) is -1.82. The molecule has 9 heteroatoms. The van der Waals surface area contributed by atoms with Crippen LogP contribution in [0.4, 0.5) is 0 Å². The minimum absolute atomic E-state index is 0.0935. The first kappa shape index (κ1) is 15.2. The van der Waals surface area contributed by atoms with E-state index in [-0.39, 0.29) is 22.8 Å². The van der Waals surface area contributed by atoms with Crippen molar-refractivity contribution >= 4 is 42.1 Å². The molecule has 3 N–H and O–H groups in total. The number of thioether (sulfide) groups is 1. The fourth-order valence-corrected chi connectivity index (χ4v) is 4.26. The maximum Gasteiger partial charge on any atom is 0.352 e. The number of carbonyl (C=O) groups is 3. The standard InChI is InChI=1S/C13H12N2O5S2/c14-7-11(17)15-8(13(18)19)5(4-22-12(7)15)10(21)9(16)6-2-1-3-20-6/h1-3,7,10,12,21H,4,14H2,(H,18,19)/t7?,10?,12-/m1/s1. The van der Waals surface area contributed by atoms with Crippen LogP contribution < -0.4 is 5.73 Å². The third-order valence-electron chi connectivity index (χ3n) is 3.58. The first-order valence-corrected chi connectivity index (χ1v) is 7.92. The lowest BCUT2D eigenvalue weighted by Gasteiger charge is -2.48. The number of carboxylic acid groups (broad SMARTS) is 1. The number of furan rings is 1. The lowest BCUT2D eigenvalue weighted by atomic mass is 10.00. The summed E-state index contributed by atoms with van der Waals surface area (Å²) < 4.78 is 5.03. The van der Waals surface area contributed by atoms with Crippen molar-refractivity contribution in [3.63, 3.8) is 0 Å². The molecule has 0 radical (unpaired) electrons. The molecule has 1 fully saturated rings. The van der Waals surface area contributed by atoms with Gasteiger partial charge < -0.3 is 15.3 Å². The molecule has 2 aliphatic heterocycles. The van der Waals surface area contributed by atoms with Crippen molar-refractivity contribution < 1.29 is 23.9 Å². The van der Waals surface area contributed by atoms with Gasteiger partial charge in [-0.05, 0) is 17.7 Å². The van der Waals surface area contributed by atoms with E-state index < -0.39 is 34.3 Å². The zero-order valence-corrected chi connectivity index (χ0v) is 12.8. The number of hydrogen-bond donors (Lipinski definition) is 3. The van der Waals surface area contributed by atoms with Gasteiger partial charge in [0.05, 0.1) is 11.5 Å². The SMILES string of the molecule is NC1C(=O)N2C(C(=O)O)=C(C(S)C(=O)c3ccco3)CS[C@H]12. The Labute approximate surface area is 134 Å². The molecule has 1 aromatic heterocycles. The summed E-state index contributed by atoms with van der Waals surface area (Å²) in [5, 5.41) is 8.03. The first-order chi connectivity index (χ1) is 10.4.